The molecule has 8 heteroatoms. The van der Waals surface area contributed by atoms with Gasteiger partial charge in [-0.25, -0.2) is 9.48 Å². The molecule has 1 N–H and O–H groups in total. The predicted octanol–water partition coefficient (Wildman–Crippen LogP) is 4.80. The van der Waals surface area contributed by atoms with Crippen molar-refractivity contribution in [1.82, 2.24) is 23.9 Å². The molecule has 5 rings (SSSR count). The van der Waals surface area contributed by atoms with Crippen LogP contribution in [0.4, 0.5) is 11.5 Å². The molecule has 188 valence electrons. The molecule has 37 heavy (non-hydrogen) atoms. The molecular weight excluding hydrogens is 464 g/mol. The molecule has 8 nitrogen and oxygen atoms in total. The lowest BCUT2D eigenvalue weighted by molar-refractivity contribution is 0.337. The molecule has 2 aromatic carbocycles. The van der Waals surface area contributed by atoms with Crippen molar-refractivity contribution in [3.05, 3.63) is 106 Å². The quantitative estimate of drug-likeness (QED) is 0.367. The van der Waals surface area contributed by atoms with Gasteiger partial charge in [0, 0.05) is 31.7 Å². The molecule has 0 unspecified atom stereocenters. The summed E-state index contributed by atoms with van der Waals surface area (Å²) in [6.07, 6.45) is 3.36. The Bertz CT molecular complexity index is 1660. The first-order chi connectivity index (χ1) is 17.7. The van der Waals surface area contributed by atoms with Gasteiger partial charge >= 0.3 is 5.69 Å². The van der Waals surface area contributed by atoms with Gasteiger partial charge in [0.2, 0.25) is 0 Å². The maximum absolute atomic E-state index is 13.4. The first kappa shape index (κ1) is 24.2. The van der Waals surface area contributed by atoms with Gasteiger partial charge < -0.3 is 5.32 Å². The fourth-order valence-electron chi connectivity index (χ4n) is 4.40. The molecule has 0 spiro atoms. The van der Waals surface area contributed by atoms with E-state index in [0.717, 1.165) is 26.9 Å². The van der Waals surface area contributed by atoms with E-state index in [-0.39, 0.29) is 16.7 Å². The number of aromatic nitrogens is 5. The van der Waals surface area contributed by atoms with Gasteiger partial charge in [-0.1, -0.05) is 75.4 Å². The zero-order chi connectivity index (χ0) is 26.2. The van der Waals surface area contributed by atoms with Crippen LogP contribution in [0.3, 0.4) is 0 Å². The van der Waals surface area contributed by atoms with Gasteiger partial charge in [0.15, 0.2) is 5.65 Å². The Balaban J connectivity index is 1.65. The van der Waals surface area contributed by atoms with Crippen molar-refractivity contribution in [2.24, 2.45) is 12.5 Å². The van der Waals surface area contributed by atoms with Crippen LogP contribution in [0, 0.1) is 5.41 Å². The Morgan fingerprint density at radius 2 is 1.51 bits per heavy atom. The molecule has 0 radical (unpaired) electrons. The molecule has 0 aliphatic rings. The normalized spacial score (nSPS) is 11.7. The van der Waals surface area contributed by atoms with Gasteiger partial charge in [-0.3, -0.25) is 18.9 Å². The zero-order valence-corrected chi connectivity index (χ0v) is 21.5. The summed E-state index contributed by atoms with van der Waals surface area (Å²) in [4.78, 5) is 30.6. The lowest BCUT2D eigenvalue weighted by Gasteiger charge is -2.20. The minimum absolute atomic E-state index is 0.191. The highest BCUT2D eigenvalue weighted by Gasteiger charge is 2.24. The summed E-state index contributed by atoms with van der Waals surface area (Å²) in [7, 11) is 1.51. The highest BCUT2D eigenvalue weighted by atomic mass is 16.2. The molecule has 3 heterocycles. The van der Waals surface area contributed by atoms with E-state index in [1.165, 1.54) is 7.05 Å². The van der Waals surface area contributed by atoms with Crippen LogP contribution in [0.15, 0.2) is 88.7 Å². The Morgan fingerprint density at radius 3 is 2.16 bits per heavy atom. The number of fused-ring (bicyclic) bond motifs is 1. The maximum Gasteiger partial charge on any atom is 0.332 e. The van der Waals surface area contributed by atoms with Gasteiger partial charge in [0.05, 0.1) is 6.54 Å². The van der Waals surface area contributed by atoms with E-state index >= 15 is 0 Å². The van der Waals surface area contributed by atoms with E-state index in [0.29, 0.717) is 29.9 Å². The Labute approximate surface area is 214 Å². The lowest BCUT2D eigenvalue weighted by atomic mass is 9.97. The van der Waals surface area contributed by atoms with Crippen LogP contribution in [0.2, 0.25) is 0 Å². The Morgan fingerprint density at radius 1 is 0.865 bits per heavy atom. The third-order valence-corrected chi connectivity index (χ3v) is 6.19. The Kier molecular flexibility index (Phi) is 6.25. The zero-order valence-electron chi connectivity index (χ0n) is 21.5. The average Bonchev–Trinajstić information content (AvgIpc) is 3.24. The summed E-state index contributed by atoms with van der Waals surface area (Å²) in [5.74, 6) is 0.539. The monoisotopic (exact) mass is 494 g/mol. The van der Waals surface area contributed by atoms with Crippen LogP contribution >= 0.6 is 0 Å². The highest BCUT2D eigenvalue weighted by molar-refractivity contribution is 5.89. The summed E-state index contributed by atoms with van der Waals surface area (Å²) < 4.78 is 4.53. The second-order valence-electron chi connectivity index (χ2n) is 10.4. The standard InChI is InChI=1S/C29H30N6O2/c1-29(2,3)19-34-26-24(27(36)33(4)28(34)37)25(31-23-14-16-30-17-15-23)35(32-26)18-20-10-12-22(13-11-20)21-8-6-5-7-9-21/h5-17H,18-19H2,1-4H3,(H,30,31). The second-order valence-corrected chi connectivity index (χ2v) is 10.4. The number of nitrogens with one attached hydrogen (secondary N) is 1. The molecule has 0 aliphatic heterocycles. The van der Waals surface area contributed by atoms with E-state index in [9.17, 15) is 9.59 Å². The molecular formula is C29H30N6O2. The topological polar surface area (TPSA) is 86.7 Å². The smallest absolute Gasteiger partial charge is 0.332 e. The molecule has 0 saturated heterocycles. The number of hydrogen-bond acceptors (Lipinski definition) is 5. The van der Waals surface area contributed by atoms with E-state index in [4.69, 9.17) is 5.10 Å². The van der Waals surface area contributed by atoms with E-state index in [2.05, 4.69) is 67.5 Å². The van der Waals surface area contributed by atoms with Gasteiger partial charge in [0.25, 0.3) is 5.56 Å². The number of hydrogen-bond donors (Lipinski definition) is 1. The molecule has 0 aliphatic carbocycles. The lowest BCUT2D eigenvalue weighted by Crippen LogP contribution is -2.40. The maximum atomic E-state index is 13.4. The Hall–Kier alpha value is -4.46. The molecule has 0 bridgehead atoms. The molecule has 0 saturated carbocycles. The number of anilines is 2. The minimum atomic E-state index is -0.382. The first-order valence-corrected chi connectivity index (χ1v) is 12.2. The molecule has 5 aromatic rings. The van der Waals surface area contributed by atoms with Gasteiger partial charge in [-0.2, -0.15) is 5.10 Å². The number of nitrogens with zero attached hydrogens (tertiary/aromatic N) is 5. The van der Waals surface area contributed by atoms with Crippen molar-refractivity contribution >= 4 is 22.5 Å². The van der Waals surface area contributed by atoms with Crippen molar-refractivity contribution in [2.45, 2.75) is 33.9 Å². The molecule has 0 atom stereocenters. The summed E-state index contributed by atoms with van der Waals surface area (Å²) in [5, 5.41) is 8.56. The van der Waals surface area contributed by atoms with E-state index in [1.807, 2.05) is 30.3 Å². The predicted molar refractivity (Wildman–Crippen MR) is 147 cm³/mol. The average molecular weight is 495 g/mol. The van der Waals surface area contributed by atoms with Crippen molar-refractivity contribution in [3.8, 4) is 11.1 Å². The van der Waals surface area contributed by atoms with Crippen LogP contribution in [0.25, 0.3) is 22.2 Å². The number of pyridine rings is 1. The van der Waals surface area contributed by atoms with Crippen LogP contribution in [0.1, 0.15) is 26.3 Å². The van der Waals surface area contributed by atoms with Crippen LogP contribution < -0.4 is 16.6 Å². The van der Waals surface area contributed by atoms with Crippen molar-refractivity contribution in [3.63, 3.8) is 0 Å². The van der Waals surface area contributed by atoms with E-state index in [1.54, 1.807) is 21.6 Å². The minimum Gasteiger partial charge on any atom is -0.340 e. The summed E-state index contributed by atoms with van der Waals surface area (Å²) in [6.45, 7) is 7.01. The summed E-state index contributed by atoms with van der Waals surface area (Å²) >= 11 is 0. The largest absolute Gasteiger partial charge is 0.340 e. The third-order valence-electron chi connectivity index (χ3n) is 6.19. The summed E-state index contributed by atoms with van der Waals surface area (Å²) in [5.41, 5.74) is 3.49. The third kappa shape index (κ3) is 4.95. The fraction of sp³-hybridized carbons (Fsp3) is 0.241. The van der Waals surface area contributed by atoms with Crippen molar-refractivity contribution < 1.29 is 0 Å². The fourth-order valence-corrected chi connectivity index (χ4v) is 4.40. The second kappa shape index (κ2) is 9.54. The molecule has 0 amide bonds. The molecule has 3 aromatic heterocycles. The van der Waals surface area contributed by atoms with Crippen molar-refractivity contribution in [2.75, 3.05) is 5.32 Å². The summed E-state index contributed by atoms with van der Waals surface area (Å²) in [6, 6.07) is 22.1. The number of benzene rings is 2. The number of rotatable bonds is 6. The van der Waals surface area contributed by atoms with Crippen LogP contribution in [-0.4, -0.2) is 23.9 Å². The van der Waals surface area contributed by atoms with Crippen LogP contribution in [-0.2, 0) is 20.1 Å². The molecule has 0 fully saturated rings. The van der Waals surface area contributed by atoms with Gasteiger partial charge in [-0.15, -0.1) is 0 Å². The van der Waals surface area contributed by atoms with Crippen LogP contribution in [0.5, 0.6) is 0 Å². The van der Waals surface area contributed by atoms with E-state index < -0.39 is 0 Å². The first-order valence-electron chi connectivity index (χ1n) is 12.2. The van der Waals surface area contributed by atoms with Crippen molar-refractivity contribution in [1.29, 1.82) is 0 Å². The highest BCUT2D eigenvalue weighted by Crippen LogP contribution is 2.27. The SMILES string of the molecule is Cn1c(=O)c2c(Nc3ccncc3)n(Cc3ccc(-c4ccccc4)cc3)nc2n(CC(C)(C)C)c1=O. The van der Waals surface area contributed by atoms with Gasteiger partial charge in [-0.05, 0) is 34.2 Å². The van der Waals surface area contributed by atoms with Gasteiger partial charge in [0.1, 0.15) is 11.2 Å².